The number of sulfone groups is 1. The molecule has 1 fully saturated rings. The quantitative estimate of drug-likeness (QED) is 0.182. The maximum atomic E-state index is 14.1. The van der Waals surface area contributed by atoms with Crippen molar-refractivity contribution in [3.63, 3.8) is 0 Å². The Balaban J connectivity index is 1.31. The highest BCUT2D eigenvalue weighted by Gasteiger charge is 2.43. The van der Waals surface area contributed by atoms with Crippen molar-refractivity contribution in [1.29, 1.82) is 0 Å². The molecule has 10 nitrogen and oxygen atoms in total. The number of aromatic nitrogens is 5. The van der Waals surface area contributed by atoms with Crippen LogP contribution in [0, 0.1) is 18.8 Å². The molecule has 0 amide bonds. The number of rotatable bonds is 8. The van der Waals surface area contributed by atoms with Crippen LogP contribution in [0.15, 0.2) is 46.0 Å². The highest BCUT2D eigenvalue weighted by atomic mass is 32.2. The molecule has 0 bridgehead atoms. The van der Waals surface area contributed by atoms with Crippen molar-refractivity contribution in [2.24, 2.45) is 11.8 Å². The van der Waals surface area contributed by atoms with Gasteiger partial charge in [-0.3, -0.25) is 9.97 Å². The molecule has 0 unspecified atom stereocenters. The van der Waals surface area contributed by atoms with E-state index in [1.54, 1.807) is 18.3 Å². The third kappa shape index (κ3) is 5.53. The van der Waals surface area contributed by atoms with Gasteiger partial charge in [0.25, 0.3) is 0 Å². The molecule has 1 N–H and O–H groups in total. The molecule has 47 heavy (non-hydrogen) atoms. The van der Waals surface area contributed by atoms with Crippen molar-refractivity contribution < 1.29 is 17.6 Å². The van der Waals surface area contributed by atoms with E-state index in [-0.39, 0.29) is 23.6 Å². The van der Waals surface area contributed by atoms with E-state index in [1.165, 1.54) is 5.56 Å². The number of nitrogens with zero attached hydrogens (tertiary/aromatic N) is 5. The van der Waals surface area contributed by atoms with Crippen LogP contribution in [0.5, 0.6) is 0 Å². The predicted molar refractivity (Wildman–Crippen MR) is 181 cm³/mol. The minimum absolute atomic E-state index is 0.0418. The lowest BCUT2D eigenvalue weighted by atomic mass is 9.89. The van der Waals surface area contributed by atoms with Gasteiger partial charge in [-0.2, -0.15) is 0 Å². The highest BCUT2D eigenvalue weighted by Crippen LogP contribution is 2.51. The Kier molecular flexibility index (Phi) is 7.84. The van der Waals surface area contributed by atoms with Crippen molar-refractivity contribution in [1.82, 2.24) is 25.1 Å². The number of pyridine rings is 3. The van der Waals surface area contributed by atoms with Gasteiger partial charge in [-0.25, -0.2) is 13.4 Å². The van der Waals surface area contributed by atoms with Gasteiger partial charge in [0.1, 0.15) is 5.82 Å². The van der Waals surface area contributed by atoms with E-state index in [4.69, 9.17) is 19.1 Å². The molecule has 0 saturated carbocycles. The lowest BCUT2D eigenvalue weighted by Crippen LogP contribution is -2.17. The van der Waals surface area contributed by atoms with Crippen molar-refractivity contribution in [2.45, 2.75) is 76.2 Å². The lowest BCUT2D eigenvalue weighted by molar-refractivity contribution is 0.0639. The van der Waals surface area contributed by atoms with Gasteiger partial charge in [0.05, 0.1) is 38.3 Å². The zero-order valence-corrected chi connectivity index (χ0v) is 28.5. The van der Waals surface area contributed by atoms with E-state index in [0.29, 0.717) is 45.8 Å². The minimum atomic E-state index is -3.65. The fraction of sp³-hybridized carbons (Fsp3) is 0.457. The van der Waals surface area contributed by atoms with Crippen LogP contribution >= 0.6 is 11.3 Å². The van der Waals surface area contributed by atoms with Crippen LogP contribution in [-0.2, 0) is 27.4 Å². The zero-order valence-electron chi connectivity index (χ0n) is 26.8. The third-order valence-electron chi connectivity index (χ3n) is 9.95. The van der Waals surface area contributed by atoms with E-state index < -0.39 is 9.84 Å². The van der Waals surface area contributed by atoms with Gasteiger partial charge >= 0.3 is 0 Å². The first-order valence-electron chi connectivity index (χ1n) is 16.5. The first kappa shape index (κ1) is 30.6. The topological polar surface area (TPSA) is 133 Å². The average Bonchev–Trinajstić information content (AvgIpc) is 3.85. The largest absolute Gasteiger partial charge is 0.421 e. The molecule has 12 heteroatoms. The molecular weight excluding hydrogens is 633 g/mol. The lowest BCUT2D eigenvalue weighted by Gasteiger charge is -2.23. The Morgan fingerprint density at radius 2 is 1.91 bits per heavy atom. The third-order valence-corrected chi connectivity index (χ3v) is 13.0. The number of thiophene rings is 1. The molecule has 2 aliphatic heterocycles. The van der Waals surface area contributed by atoms with Crippen LogP contribution in [0.2, 0.25) is 0 Å². The first-order valence-corrected chi connectivity index (χ1v) is 19.0. The summed E-state index contributed by atoms with van der Waals surface area (Å²) in [6.07, 6.45) is 9.14. The molecule has 1 saturated heterocycles. The van der Waals surface area contributed by atoms with Gasteiger partial charge in [-0.1, -0.05) is 19.9 Å². The number of anilines is 1. The summed E-state index contributed by atoms with van der Waals surface area (Å²) in [5.41, 5.74) is 5.07. The summed E-state index contributed by atoms with van der Waals surface area (Å²) in [4.78, 5) is 15.7. The van der Waals surface area contributed by atoms with Gasteiger partial charge in [0.2, 0.25) is 11.8 Å². The van der Waals surface area contributed by atoms with Gasteiger partial charge in [-0.15, -0.1) is 21.5 Å². The monoisotopic (exact) mass is 670 g/mol. The van der Waals surface area contributed by atoms with Gasteiger partial charge in [0.15, 0.2) is 9.84 Å². The standard InChI is InChI=1S/C35H38N6O4S2/c1-19(2)24-18-47(42,43)33-30(29(35-41-40-20(3)45-35)27(38-31(24)33)7-6-21-11-15-44-16-12-21)28-17-22-10-14-37-34(32(22)46-28)39-26-9-8-25-23(26)5-4-13-36-25/h4-5,10,13-14,17,19,21,24,26H,6-9,11-12,15-16,18H2,1-3H3,(H,37,39)/t24-,26-/m1/s1. The fourth-order valence-electron chi connectivity index (χ4n) is 7.45. The normalized spacial score (nSPS) is 20.6. The van der Waals surface area contributed by atoms with Crippen molar-refractivity contribution in [3.05, 3.63) is 65.2 Å². The van der Waals surface area contributed by atoms with Crippen LogP contribution in [0.1, 0.15) is 80.0 Å². The second kappa shape index (κ2) is 12.1. The highest BCUT2D eigenvalue weighted by molar-refractivity contribution is 7.92. The Morgan fingerprint density at radius 3 is 2.70 bits per heavy atom. The molecule has 1 aliphatic carbocycles. The Labute approximate surface area is 278 Å². The Morgan fingerprint density at radius 1 is 1.06 bits per heavy atom. The summed E-state index contributed by atoms with van der Waals surface area (Å²) in [5.74, 6) is 1.98. The van der Waals surface area contributed by atoms with E-state index in [0.717, 1.165) is 77.5 Å². The summed E-state index contributed by atoms with van der Waals surface area (Å²) in [5, 5.41) is 13.3. The van der Waals surface area contributed by atoms with Gasteiger partial charge in [0, 0.05) is 54.6 Å². The summed E-state index contributed by atoms with van der Waals surface area (Å²) in [6, 6.07) is 8.28. The first-order chi connectivity index (χ1) is 22.8. The molecule has 2 atom stereocenters. The number of aryl methyl sites for hydroxylation is 3. The molecule has 244 valence electrons. The summed E-state index contributed by atoms with van der Waals surface area (Å²) >= 11 is 1.55. The molecule has 5 aromatic rings. The molecule has 0 radical (unpaired) electrons. The van der Waals surface area contributed by atoms with Crippen molar-refractivity contribution >= 4 is 37.1 Å². The summed E-state index contributed by atoms with van der Waals surface area (Å²) in [6.45, 7) is 7.45. The average molecular weight is 671 g/mol. The molecule has 0 spiro atoms. The van der Waals surface area contributed by atoms with Crippen LogP contribution < -0.4 is 5.32 Å². The molecular formula is C35H38N6O4S2. The van der Waals surface area contributed by atoms with E-state index in [9.17, 15) is 8.42 Å². The van der Waals surface area contributed by atoms with Crippen molar-refractivity contribution in [3.8, 4) is 21.9 Å². The molecule has 5 aromatic heterocycles. The van der Waals surface area contributed by atoms with Gasteiger partial charge < -0.3 is 14.5 Å². The minimum Gasteiger partial charge on any atom is -0.421 e. The smallest absolute Gasteiger partial charge is 0.250 e. The zero-order chi connectivity index (χ0) is 32.3. The van der Waals surface area contributed by atoms with E-state index in [2.05, 4.69) is 46.5 Å². The Hall–Kier alpha value is -3.74. The second-order valence-corrected chi connectivity index (χ2v) is 16.4. The van der Waals surface area contributed by atoms with Crippen LogP contribution in [-0.4, -0.2) is 52.5 Å². The van der Waals surface area contributed by atoms with Crippen LogP contribution in [0.3, 0.4) is 0 Å². The maximum absolute atomic E-state index is 14.1. The van der Waals surface area contributed by atoms with E-state index in [1.807, 2.05) is 24.5 Å². The fourth-order valence-corrected chi connectivity index (χ4v) is 10.9. The number of hydrogen-bond donors (Lipinski definition) is 1. The number of nitrogens with one attached hydrogen (secondary N) is 1. The van der Waals surface area contributed by atoms with Crippen LogP contribution in [0.25, 0.3) is 32.0 Å². The number of fused-ring (bicyclic) bond motifs is 3. The van der Waals surface area contributed by atoms with Crippen molar-refractivity contribution in [2.75, 3.05) is 24.3 Å². The Bertz CT molecular complexity index is 2080. The SMILES string of the molecule is Cc1nnc(-c2c(CCC3CCOCC3)nc3c(c2-c2cc4ccnc(N[C@@H]5CCc6ncccc65)c4s2)S(=O)(=O)C[C@@H]3C(C)C)o1. The second-order valence-electron chi connectivity index (χ2n) is 13.3. The van der Waals surface area contributed by atoms with Gasteiger partial charge in [-0.05, 0) is 79.5 Å². The maximum Gasteiger partial charge on any atom is 0.250 e. The molecule has 3 aliphatic rings. The molecule has 0 aromatic carbocycles. The predicted octanol–water partition coefficient (Wildman–Crippen LogP) is 7.10. The summed E-state index contributed by atoms with van der Waals surface area (Å²) < 4.78 is 41.0. The molecule has 8 rings (SSSR count). The molecule has 7 heterocycles. The number of ether oxygens (including phenoxy) is 1. The number of hydrogen-bond acceptors (Lipinski definition) is 11. The summed E-state index contributed by atoms with van der Waals surface area (Å²) in [7, 11) is -3.65. The van der Waals surface area contributed by atoms with Crippen LogP contribution in [0.4, 0.5) is 5.82 Å². The van der Waals surface area contributed by atoms with E-state index >= 15 is 0 Å².